The van der Waals surface area contributed by atoms with E-state index in [0.717, 1.165) is 19.5 Å². The lowest BCUT2D eigenvalue weighted by molar-refractivity contribution is 0.556. The fraction of sp³-hybridized carbons (Fsp3) is 0.500. The smallest absolute Gasteiger partial charge is 0.126 e. The summed E-state index contributed by atoms with van der Waals surface area (Å²) in [6.07, 6.45) is 3.75. The molecule has 1 N–H and O–H groups in total. The van der Waals surface area contributed by atoms with E-state index in [-0.39, 0.29) is 5.82 Å². The van der Waals surface area contributed by atoms with Crippen LogP contribution in [0.25, 0.3) is 0 Å². The first-order valence-corrected chi connectivity index (χ1v) is 7.17. The molecule has 0 atom stereocenters. The van der Waals surface area contributed by atoms with Crippen molar-refractivity contribution in [1.29, 1.82) is 0 Å². The fourth-order valence-corrected chi connectivity index (χ4v) is 2.06. The van der Waals surface area contributed by atoms with Crippen LogP contribution in [0.5, 0.6) is 0 Å². The first-order valence-electron chi connectivity index (χ1n) is 6.79. The molecule has 0 heterocycles. The van der Waals surface area contributed by atoms with E-state index in [2.05, 4.69) is 25.2 Å². The van der Waals surface area contributed by atoms with E-state index in [0.29, 0.717) is 22.9 Å². The molecule has 0 spiro atoms. The Hall–Kier alpha value is -0.860. The molecular weight excluding hydrogens is 261 g/mol. The van der Waals surface area contributed by atoms with Gasteiger partial charge in [-0.25, -0.2) is 4.39 Å². The van der Waals surface area contributed by atoms with Crippen LogP contribution in [0.1, 0.15) is 32.8 Å². The quantitative estimate of drug-likeness (QED) is 0.569. The first-order chi connectivity index (χ1) is 8.99. The molecule has 0 aromatic heterocycles. The maximum atomic E-state index is 13.6. The number of rotatable bonds is 7. The lowest BCUT2D eigenvalue weighted by Crippen LogP contribution is -2.20. The summed E-state index contributed by atoms with van der Waals surface area (Å²) in [6, 6.07) is 4.70. The van der Waals surface area contributed by atoms with Gasteiger partial charge in [-0.05, 0) is 62.5 Å². The third-order valence-electron chi connectivity index (χ3n) is 2.84. The summed E-state index contributed by atoms with van der Waals surface area (Å²) in [4.78, 5) is 0. The monoisotopic (exact) mass is 283 g/mol. The maximum absolute atomic E-state index is 13.6. The van der Waals surface area contributed by atoms with Gasteiger partial charge in [0.25, 0.3) is 0 Å². The van der Waals surface area contributed by atoms with Gasteiger partial charge in [0.05, 0.1) is 0 Å². The second-order valence-electron chi connectivity index (χ2n) is 5.35. The van der Waals surface area contributed by atoms with Gasteiger partial charge in [0.1, 0.15) is 5.82 Å². The molecule has 0 radical (unpaired) electrons. The van der Waals surface area contributed by atoms with Crippen LogP contribution in [-0.4, -0.2) is 13.1 Å². The minimum atomic E-state index is -0.185. The Balaban J connectivity index is 2.41. The van der Waals surface area contributed by atoms with Crippen molar-refractivity contribution in [2.45, 2.75) is 33.6 Å². The first kappa shape index (κ1) is 16.2. The fourth-order valence-electron chi connectivity index (χ4n) is 1.86. The van der Waals surface area contributed by atoms with Crippen LogP contribution in [0.2, 0.25) is 5.02 Å². The minimum Gasteiger partial charge on any atom is -0.316 e. The highest BCUT2D eigenvalue weighted by molar-refractivity contribution is 6.30. The van der Waals surface area contributed by atoms with Crippen LogP contribution in [-0.2, 0) is 6.42 Å². The molecule has 3 heteroatoms. The van der Waals surface area contributed by atoms with Crippen LogP contribution >= 0.6 is 11.6 Å². The van der Waals surface area contributed by atoms with Gasteiger partial charge in [-0.3, -0.25) is 0 Å². The van der Waals surface area contributed by atoms with Crippen molar-refractivity contribution < 1.29 is 4.39 Å². The van der Waals surface area contributed by atoms with E-state index in [4.69, 9.17) is 11.6 Å². The lowest BCUT2D eigenvalue weighted by atomic mass is 10.0. The van der Waals surface area contributed by atoms with E-state index < -0.39 is 0 Å². The highest BCUT2D eigenvalue weighted by Crippen LogP contribution is 2.18. The van der Waals surface area contributed by atoms with Crippen LogP contribution in [0.15, 0.2) is 29.8 Å². The zero-order valence-electron chi connectivity index (χ0n) is 12.0. The number of benzene rings is 1. The van der Waals surface area contributed by atoms with Crippen LogP contribution in [0.4, 0.5) is 4.39 Å². The second kappa shape index (κ2) is 8.34. The average molecular weight is 284 g/mol. The Bertz CT molecular complexity index is 427. The highest BCUT2D eigenvalue weighted by atomic mass is 35.5. The average Bonchev–Trinajstić information content (AvgIpc) is 2.33. The maximum Gasteiger partial charge on any atom is 0.126 e. The Morgan fingerprint density at radius 2 is 2.16 bits per heavy atom. The van der Waals surface area contributed by atoms with Crippen molar-refractivity contribution in [2.75, 3.05) is 13.1 Å². The lowest BCUT2D eigenvalue weighted by Gasteiger charge is -2.07. The minimum absolute atomic E-state index is 0.185. The predicted molar refractivity (Wildman–Crippen MR) is 81.2 cm³/mol. The van der Waals surface area contributed by atoms with E-state index in [9.17, 15) is 4.39 Å². The third kappa shape index (κ3) is 6.74. The van der Waals surface area contributed by atoms with Crippen LogP contribution in [0, 0.1) is 11.7 Å². The SMILES string of the molecule is C/C(=C/CCNCC(C)C)Cc1cc(Cl)ccc1F. The Labute approximate surface area is 120 Å². The van der Waals surface area contributed by atoms with Gasteiger partial charge in [0, 0.05) is 5.02 Å². The van der Waals surface area contributed by atoms with Crippen molar-refractivity contribution in [1.82, 2.24) is 5.32 Å². The Kier molecular flexibility index (Phi) is 7.11. The second-order valence-corrected chi connectivity index (χ2v) is 5.79. The van der Waals surface area contributed by atoms with Crippen molar-refractivity contribution >= 4 is 11.6 Å². The number of allylic oxidation sites excluding steroid dienone is 1. The molecule has 0 bridgehead atoms. The molecule has 0 saturated carbocycles. The van der Waals surface area contributed by atoms with Gasteiger partial charge in [0.2, 0.25) is 0 Å². The molecule has 1 aromatic carbocycles. The molecule has 106 valence electrons. The van der Waals surface area contributed by atoms with Gasteiger partial charge in [-0.15, -0.1) is 0 Å². The van der Waals surface area contributed by atoms with Gasteiger partial charge in [0.15, 0.2) is 0 Å². The molecular formula is C16H23ClFN. The predicted octanol–water partition coefficient (Wildman–Crippen LogP) is 4.60. The molecule has 0 fully saturated rings. The molecule has 19 heavy (non-hydrogen) atoms. The van der Waals surface area contributed by atoms with E-state index in [1.807, 2.05) is 6.92 Å². The topological polar surface area (TPSA) is 12.0 Å². The van der Waals surface area contributed by atoms with Gasteiger partial charge in [-0.2, -0.15) is 0 Å². The molecule has 1 nitrogen and oxygen atoms in total. The summed E-state index contributed by atoms with van der Waals surface area (Å²) < 4.78 is 13.6. The molecule has 0 aliphatic carbocycles. The number of hydrogen-bond acceptors (Lipinski definition) is 1. The number of nitrogens with one attached hydrogen (secondary N) is 1. The summed E-state index contributed by atoms with van der Waals surface area (Å²) in [5, 5.41) is 3.97. The van der Waals surface area contributed by atoms with Crippen molar-refractivity contribution in [3.63, 3.8) is 0 Å². The van der Waals surface area contributed by atoms with Crippen LogP contribution in [0.3, 0.4) is 0 Å². The molecule has 0 unspecified atom stereocenters. The van der Waals surface area contributed by atoms with E-state index >= 15 is 0 Å². The molecule has 0 aliphatic rings. The highest BCUT2D eigenvalue weighted by Gasteiger charge is 2.03. The summed E-state index contributed by atoms with van der Waals surface area (Å²) in [5.41, 5.74) is 1.84. The largest absolute Gasteiger partial charge is 0.316 e. The van der Waals surface area contributed by atoms with Crippen molar-refractivity contribution in [3.8, 4) is 0 Å². The zero-order chi connectivity index (χ0) is 14.3. The van der Waals surface area contributed by atoms with E-state index in [1.54, 1.807) is 12.1 Å². The molecule has 0 aliphatic heterocycles. The summed E-state index contributed by atoms with van der Waals surface area (Å²) >= 11 is 5.88. The van der Waals surface area contributed by atoms with Gasteiger partial charge in [-0.1, -0.05) is 37.1 Å². The summed E-state index contributed by atoms with van der Waals surface area (Å²) in [6.45, 7) is 8.41. The molecule has 1 rings (SSSR count). The molecule has 0 saturated heterocycles. The van der Waals surface area contributed by atoms with Crippen molar-refractivity contribution in [3.05, 3.63) is 46.3 Å². The van der Waals surface area contributed by atoms with Crippen LogP contribution < -0.4 is 5.32 Å². The third-order valence-corrected chi connectivity index (χ3v) is 3.08. The van der Waals surface area contributed by atoms with Crippen molar-refractivity contribution in [2.24, 2.45) is 5.92 Å². The summed E-state index contributed by atoms with van der Waals surface area (Å²) in [5.74, 6) is 0.487. The Morgan fingerprint density at radius 1 is 1.42 bits per heavy atom. The van der Waals surface area contributed by atoms with Gasteiger partial charge < -0.3 is 5.32 Å². The number of halogens is 2. The summed E-state index contributed by atoms with van der Waals surface area (Å²) in [7, 11) is 0. The molecule has 0 amide bonds. The van der Waals surface area contributed by atoms with Gasteiger partial charge >= 0.3 is 0 Å². The number of hydrogen-bond donors (Lipinski definition) is 1. The standard InChI is InChI=1S/C16H23ClFN/c1-12(2)11-19-8-4-5-13(3)9-14-10-15(17)6-7-16(14)18/h5-7,10,12,19H,4,8-9,11H2,1-3H3/b13-5-. The zero-order valence-corrected chi connectivity index (χ0v) is 12.7. The molecule has 1 aromatic rings. The van der Waals surface area contributed by atoms with E-state index in [1.165, 1.54) is 11.6 Å². The Morgan fingerprint density at radius 3 is 2.84 bits per heavy atom. The normalized spacial score (nSPS) is 12.2.